The van der Waals surface area contributed by atoms with Crippen LogP contribution >= 0.6 is 0 Å². The van der Waals surface area contributed by atoms with Crippen LogP contribution in [0.25, 0.3) is 0 Å². The Hall–Kier alpha value is -2.62. The molecule has 0 radical (unpaired) electrons. The summed E-state index contributed by atoms with van der Waals surface area (Å²) >= 11 is -3.62. The zero-order valence-electron chi connectivity index (χ0n) is 20.3. The molecule has 34 heavy (non-hydrogen) atoms. The van der Waals surface area contributed by atoms with Crippen LogP contribution < -0.4 is 10.7 Å². The fraction of sp³-hybridized carbons (Fsp3) is 0.188. The van der Waals surface area contributed by atoms with Gasteiger partial charge in [0, 0.05) is 0 Å². The maximum absolute atomic E-state index is 11.8. The van der Waals surface area contributed by atoms with Gasteiger partial charge in [0.1, 0.15) is 0 Å². The Balaban J connectivity index is 1.76. The van der Waals surface area contributed by atoms with Gasteiger partial charge in [-0.3, -0.25) is 0 Å². The van der Waals surface area contributed by atoms with E-state index in [-0.39, 0.29) is 0 Å². The molecule has 0 bridgehead atoms. The van der Waals surface area contributed by atoms with Gasteiger partial charge in [0.2, 0.25) is 0 Å². The minimum absolute atomic E-state index is 0.737. The van der Waals surface area contributed by atoms with E-state index in [0.29, 0.717) is 0 Å². The number of rotatable bonds is 5. The molecule has 0 saturated heterocycles. The Morgan fingerprint density at radius 2 is 1.09 bits per heavy atom. The molecular weight excluding hydrogens is 519 g/mol. The van der Waals surface area contributed by atoms with Crippen molar-refractivity contribution in [1.29, 1.82) is 0 Å². The first-order chi connectivity index (χ1) is 16.4. The van der Waals surface area contributed by atoms with Crippen molar-refractivity contribution in [2.75, 3.05) is 0 Å². The number of aryl methyl sites for hydroxylation is 4. The summed E-state index contributed by atoms with van der Waals surface area (Å²) in [7, 11) is 0. The standard InChI is InChI=1S/C11H11O.3C7H7.Sn/c1-2-11(12)8-7-9-5-3-4-6-10(9)11;3*1-7-5-3-2-4-6-7;/h1-6,12H,7-8H2;3*3-6H,1H3;. The maximum atomic E-state index is 11.8. The number of hydrogen-bond donors (Lipinski definition) is 1. The summed E-state index contributed by atoms with van der Waals surface area (Å²) in [6.45, 7) is 6.44. The monoisotopic (exact) mass is 552 g/mol. The van der Waals surface area contributed by atoms with Gasteiger partial charge in [0.05, 0.1) is 0 Å². The van der Waals surface area contributed by atoms with Crippen LogP contribution in [0.4, 0.5) is 0 Å². The van der Waals surface area contributed by atoms with Crippen molar-refractivity contribution in [3.8, 4) is 0 Å². The second-order valence-corrected chi connectivity index (χ2v) is 20.3. The van der Waals surface area contributed by atoms with Crippen LogP contribution in [0.3, 0.4) is 0 Å². The average Bonchev–Trinajstić information content (AvgIpc) is 3.19. The molecule has 0 heterocycles. The van der Waals surface area contributed by atoms with Crippen molar-refractivity contribution in [2.24, 2.45) is 0 Å². The summed E-state index contributed by atoms with van der Waals surface area (Å²) in [6.07, 6.45) is 3.80. The molecule has 1 aliphatic rings. The molecule has 1 aliphatic carbocycles. The Morgan fingerprint density at radius 1 is 0.647 bits per heavy atom. The summed E-state index contributed by atoms with van der Waals surface area (Å²) < 4.78 is 6.66. The van der Waals surface area contributed by atoms with E-state index in [1.54, 1.807) is 0 Å². The van der Waals surface area contributed by atoms with Gasteiger partial charge < -0.3 is 0 Å². The second-order valence-electron chi connectivity index (χ2n) is 9.82. The fourth-order valence-corrected chi connectivity index (χ4v) is 17.2. The third kappa shape index (κ3) is 4.16. The van der Waals surface area contributed by atoms with Crippen molar-refractivity contribution in [3.63, 3.8) is 0 Å². The van der Waals surface area contributed by atoms with Crippen LogP contribution in [0.2, 0.25) is 0 Å². The van der Waals surface area contributed by atoms with Gasteiger partial charge in [0.25, 0.3) is 0 Å². The van der Waals surface area contributed by atoms with Crippen LogP contribution in [0.5, 0.6) is 0 Å². The van der Waals surface area contributed by atoms with Crippen molar-refractivity contribution in [1.82, 2.24) is 0 Å². The SMILES string of the molecule is Cc1cc[c]([Sn](/[CH]=C\C2(O)CCc3ccccc32)([c]2ccc(C)cc2)[c]2ccc(C)cc2)cc1. The third-order valence-corrected chi connectivity index (χ3v) is 19.9. The van der Waals surface area contributed by atoms with E-state index in [0.717, 1.165) is 18.4 Å². The quantitative estimate of drug-likeness (QED) is 0.346. The minimum atomic E-state index is -3.62. The van der Waals surface area contributed by atoms with Crippen molar-refractivity contribution in [2.45, 2.75) is 39.2 Å². The molecule has 0 amide bonds. The summed E-state index contributed by atoms with van der Waals surface area (Å²) in [5.41, 5.74) is 5.20. The van der Waals surface area contributed by atoms with Gasteiger partial charge in [-0.15, -0.1) is 0 Å². The van der Waals surface area contributed by atoms with Crippen molar-refractivity contribution >= 4 is 29.1 Å². The van der Waals surface area contributed by atoms with Crippen LogP contribution in [0.15, 0.2) is 107 Å². The van der Waals surface area contributed by atoms with E-state index >= 15 is 0 Å². The first-order valence-electron chi connectivity index (χ1n) is 12.1. The number of hydrogen-bond acceptors (Lipinski definition) is 1. The molecule has 1 atom stereocenters. The van der Waals surface area contributed by atoms with Gasteiger partial charge >= 0.3 is 208 Å². The predicted octanol–water partition coefficient (Wildman–Crippen LogP) is 5.01. The molecule has 1 N–H and O–H groups in total. The van der Waals surface area contributed by atoms with E-state index in [1.807, 2.05) is 6.07 Å². The molecule has 0 aliphatic heterocycles. The fourth-order valence-electron chi connectivity index (χ4n) is 5.29. The Morgan fingerprint density at radius 3 is 1.56 bits per heavy atom. The number of benzene rings is 4. The average molecular weight is 551 g/mol. The second kappa shape index (κ2) is 9.20. The first kappa shape index (κ1) is 23.1. The Labute approximate surface area is 207 Å². The van der Waals surface area contributed by atoms with Gasteiger partial charge in [-0.1, -0.05) is 0 Å². The summed E-state index contributed by atoms with van der Waals surface area (Å²) in [6, 6.07) is 35.7. The molecule has 2 heteroatoms. The molecular formula is C32H32OSn. The predicted molar refractivity (Wildman–Crippen MR) is 146 cm³/mol. The zero-order valence-corrected chi connectivity index (χ0v) is 23.1. The molecule has 4 aromatic carbocycles. The van der Waals surface area contributed by atoms with E-state index in [2.05, 4.69) is 122 Å². The summed E-state index contributed by atoms with van der Waals surface area (Å²) in [5, 5.41) is 11.8. The molecule has 1 unspecified atom stereocenters. The molecule has 0 aromatic heterocycles. The van der Waals surface area contributed by atoms with Gasteiger partial charge in [-0.25, -0.2) is 0 Å². The summed E-state index contributed by atoms with van der Waals surface area (Å²) in [5.74, 6) is 0. The molecule has 170 valence electrons. The normalized spacial score (nSPS) is 17.8. The van der Waals surface area contributed by atoms with Crippen molar-refractivity contribution < 1.29 is 5.11 Å². The molecule has 4 aromatic rings. The van der Waals surface area contributed by atoms with Gasteiger partial charge in [-0.05, 0) is 0 Å². The topological polar surface area (TPSA) is 20.2 Å². The first-order valence-corrected chi connectivity index (χ1v) is 18.1. The zero-order chi connectivity index (χ0) is 23.8. The Bertz CT molecular complexity index is 1210. The van der Waals surface area contributed by atoms with Crippen molar-refractivity contribution in [3.05, 3.63) is 135 Å². The molecule has 0 saturated carbocycles. The van der Waals surface area contributed by atoms with Gasteiger partial charge in [-0.2, -0.15) is 0 Å². The van der Waals surface area contributed by atoms with Crippen LogP contribution in [-0.4, -0.2) is 23.5 Å². The molecule has 0 fully saturated rings. The third-order valence-electron chi connectivity index (χ3n) is 7.39. The van der Waals surface area contributed by atoms with E-state index in [9.17, 15) is 5.11 Å². The number of fused-ring (bicyclic) bond motifs is 1. The van der Waals surface area contributed by atoms with Gasteiger partial charge in [0.15, 0.2) is 0 Å². The van der Waals surface area contributed by atoms with Crippen LogP contribution in [0, 0.1) is 20.8 Å². The molecule has 1 nitrogen and oxygen atoms in total. The van der Waals surface area contributed by atoms with Crippen LogP contribution in [0.1, 0.15) is 34.2 Å². The Kier molecular flexibility index (Phi) is 6.26. The molecule has 0 spiro atoms. The van der Waals surface area contributed by atoms with Crippen LogP contribution in [-0.2, 0) is 12.0 Å². The number of aliphatic hydroxyl groups is 1. The summed E-state index contributed by atoms with van der Waals surface area (Å²) in [4.78, 5) is 0. The van der Waals surface area contributed by atoms with E-state index in [4.69, 9.17) is 0 Å². The van der Waals surface area contributed by atoms with E-state index < -0.39 is 24.0 Å². The molecule has 5 rings (SSSR count). The van der Waals surface area contributed by atoms with E-state index in [1.165, 1.54) is 33.0 Å².